The topological polar surface area (TPSA) is 83.9 Å². The van der Waals surface area contributed by atoms with E-state index in [4.69, 9.17) is 5.11 Å². The van der Waals surface area contributed by atoms with Crippen molar-refractivity contribution in [1.29, 1.82) is 0 Å². The molecular weight excluding hydrogens is 214 g/mol. The van der Waals surface area contributed by atoms with E-state index in [-0.39, 0.29) is 11.8 Å². The van der Waals surface area contributed by atoms with E-state index in [0.29, 0.717) is 5.06 Å². The summed E-state index contributed by atoms with van der Waals surface area (Å²) >= 11 is 0. The molecule has 4 atom stereocenters. The van der Waals surface area contributed by atoms with Crippen molar-refractivity contribution < 1.29 is 24.3 Å². The number of rotatable bonds is 1. The molecule has 84 valence electrons. The molecule has 2 aliphatic carbocycles. The highest BCUT2D eigenvalue weighted by atomic mass is 16.8. The summed E-state index contributed by atoms with van der Waals surface area (Å²) < 4.78 is 0. The van der Waals surface area contributed by atoms with E-state index in [0.717, 1.165) is 6.42 Å². The van der Waals surface area contributed by atoms with Gasteiger partial charge >= 0.3 is 6.16 Å². The van der Waals surface area contributed by atoms with Gasteiger partial charge in [-0.3, -0.25) is 14.4 Å². The van der Waals surface area contributed by atoms with Crippen molar-refractivity contribution >= 4 is 18.0 Å². The Morgan fingerprint density at radius 2 is 1.75 bits per heavy atom. The first-order chi connectivity index (χ1) is 7.59. The number of amides is 2. The number of nitrogens with zero attached hydrogens (tertiary/aromatic N) is 1. The molecule has 1 heterocycles. The molecular formula is C10H9NO5. The number of imide groups is 1. The molecule has 0 spiro atoms. The number of fused-ring (bicyclic) bond motifs is 5. The number of carbonyl (C=O) groups excluding carboxylic acids is 2. The third-order valence-electron chi connectivity index (χ3n) is 3.60. The predicted molar refractivity (Wildman–Crippen MR) is 48.7 cm³/mol. The van der Waals surface area contributed by atoms with Crippen molar-refractivity contribution in [2.45, 2.75) is 6.42 Å². The zero-order valence-corrected chi connectivity index (χ0v) is 8.20. The van der Waals surface area contributed by atoms with Crippen molar-refractivity contribution in [3.8, 4) is 0 Å². The summed E-state index contributed by atoms with van der Waals surface area (Å²) in [4.78, 5) is 38.2. The Morgan fingerprint density at radius 3 is 2.19 bits per heavy atom. The second-order valence-corrected chi connectivity index (χ2v) is 4.33. The average molecular weight is 223 g/mol. The van der Waals surface area contributed by atoms with Crippen LogP contribution in [-0.4, -0.2) is 28.1 Å². The Balaban J connectivity index is 1.91. The van der Waals surface area contributed by atoms with Crippen LogP contribution in [0.5, 0.6) is 0 Å². The molecule has 0 aromatic heterocycles. The maximum absolute atomic E-state index is 11.8. The first-order valence-corrected chi connectivity index (χ1v) is 5.06. The quantitative estimate of drug-likeness (QED) is 0.514. The molecule has 0 radical (unpaired) electrons. The molecule has 0 aromatic carbocycles. The SMILES string of the molecule is O=C(O)ON1C(=O)C2C3C=CC(C3)C2C1=O. The number of allylic oxidation sites excluding steroid dienone is 2. The monoisotopic (exact) mass is 223 g/mol. The summed E-state index contributed by atoms with van der Waals surface area (Å²) in [5, 5.41) is 8.84. The molecule has 3 aliphatic rings. The van der Waals surface area contributed by atoms with Gasteiger partial charge in [0.15, 0.2) is 0 Å². The van der Waals surface area contributed by atoms with Gasteiger partial charge in [0.05, 0.1) is 11.8 Å². The normalized spacial score (nSPS) is 39.4. The van der Waals surface area contributed by atoms with Gasteiger partial charge in [0.25, 0.3) is 11.8 Å². The van der Waals surface area contributed by atoms with Crippen LogP contribution in [0.15, 0.2) is 12.2 Å². The molecule has 0 aromatic rings. The molecule has 1 saturated heterocycles. The fourth-order valence-corrected chi connectivity index (χ4v) is 3.04. The van der Waals surface area contributed by atoms with Gasteiger partial charge in [-0.2, -0.15) is 0 Å². The van der Waals surface area contributed by atoms with Gasteiger partial charge in [-0.15, -0.1) is 0 Å². The lowest BCUT2D eigenvalue weighted by atomic mass is 9.85. The Labute approximate surface area is 90.4 Å². The van der Waals surface area contributed by atoms with Crippen LogP contribution in [0.4, 0.5) is 4.79 Å². The fraction of sp³-hybridized carbons (Fsp3) is 0.500. The summed E-state index contributed by atoms with van der Waals surface area (Å²) in [5.74, 6) is -1.74. The molecule has 3 rings (SSSR count). The van der Waals surface area contributed by atoms with Gasteiger partial charge in [-0.1, -0.05) is 17.2 Å². The summed E-state index contributed by atoms with van der Waals surface area (Å²) in [6.45, 7) is 0. The van der Waals surface area contributed by atoms with Crippen molar-refractivity contribution in [2.75, 3.05) is 0 Å². The van der Waals surface area contributed by atoms with Crippen LogP contribution in [0, 0.1) is 23.7 Å². The van der Waals surface area contributed by atoms with Crippen LogP contribution in [0.3, 0.4) is 0 Å². The van der Waals surface area contributed by atoms with Crippen LogP contribution in [0.1, 0.15) is 6.42 Å². The zero-order chi connectivity index (χ0) is 11.4. The van der Waals surface area contributed by atoms with Crippen molar-refractivity contribution in [1.82, 2.24) is 5.06 Å². The lowest BCUT2D eigenvalue weighted by Gasteiger charge is -2.13. The molecule has 2 fully saturated rings. The Bertz CT molecular complexity index is 399. The van der Waals surface area contributed by atoms with E-state index in [1.54, 1.807) is 0 Å². The molecule has 2 amide bonds. The van der Waals surface area contributed by atoms with E-state index < -0.39 is 29.8 Å². The fourth-order valence-electron chi connectivity index (χ4n) is 3.04. The van der Waals surface area contributed by atoms with Gasteiger partial charge in [0, 0.05) is 0 Å². The van der Waals surface area contributed by atoms with E-state index in [1.165, 1.54) is 0 Å². The van der Waals surface area contributed by atoms with Gasteiger partial charge in [-0.05, 0) is 18.3 Å². The molecule has 1 N–H and O–H groups in total. The third-order valence-corrected chi connectivity index (χ3v) is 3.60. The summed E-state index contributed by atoms with van der Waals surface area (Å²) in [6, 6.07) is 0. The molecule has 1 saturated carbocycles. The largest absolute Gasteiger partial charge is 0.531 e. The summed E-state index contributed by atoms with van der Waals surface area (Å²) in [6.07, 6.45) is 3.04. The Morgan fingerprint density at radius 1 is 1.25 bits per heavy atom. The number of hydroxylamine groups is 2. The summed E-state index contributed by atoms with van der Waals surface area (Å²) in [7, 11) is 0. The first kappa shape index (κ1) is 9.38. The van der Waals surface area contributed by atoms with Gasteiger partial charge in [-0.25, -0.2) is 4.79 Å². The minimum absolute atomic E-state index is 0.0637. The molecule has 6 nitrogen and oxygen atoms in total. The second-order valence-electron chi connectivity index (χ2n) is 4.33. The lowest BCUT2D eigenvalue weighted by molar-refractivity contribution is -0.178. The Kier molecular flexibility index (Phi) is 1.66. The first-order valence-electron chi connectivity index (χ1n) is 5.06. The average Bonchev–Trinajstić information content (AvgIpc) is 2.87. The number of carboxylic acid groups (broad SMARTS) is 1. The van der Waals surface area contributed by atoms with Crippen LogP contribution in [0.25, 0.3) is 0 Å². The number of carbonyl (C=O) groups is 3. The van der Waals surface area contributed by atoms with Crippen molar-refractivity contribution in [3.05, 3.63) is 12.2 Å². The van der Waals surface area contributed by atoms with E-state index in [9.17, 15) is 14.4 Å². The smallest absolute Gasteiger partial charge is 0.448 e. The van der Waals surface area contributed by atoms with Gasteiger partial charge < -0.3 is 5.11 Å². The highest BCUT2D eigenvalue weighted by Gasteiger charge is 2.60. The van der Waals surface area contributed by atoms with Crippen LogP contribution in [-0.2, 0) is 14.4 Å². The van der Waals surface area contributed by atoms with Crippen LogP contribution >= 0.6 is 0 Å². The number of hydrogen-bond donors (Lipinski definition) is 1. The van der Waals surface area contributed by atoms with Crippen molar-refractivity contribution in [2.24, 2.45) is 23.7 Å². The van der Waals surface area contributed by atoms with E-state index in [1.807, 2.05) is 12.2 Å². The van der Waals surface area contributed by atoms with Crippen molar-refractivity contribution in [3.63, 3.8) is 0 Å². The third kappa shape index (κ3) is 0.986. The molecule has 16 heavy (non-hydrogen) atoms. The Hall–Kier alpha value is -1.85. The highest BCUT2D eigenvalue weighted by Crippen LogP contribution is 2.52. The molecule has 1 aliphatic heterocycles. The van der Waals surface area contributed by atoms with Gasteiger partial charge in [0.1, 0.15) is 0 Å². The molecule has 2 bridgehead atoms. The van der Waals surface area contributed by atoms with E-state index in [2.05, 4.69) is 4.84 Å². The lowest BCUT2D eigenvalue weighted by Crippen LogP contribution is -2.34. The molecule has 6 heteroatoms. The summed E-state index contributed by atoms with van der Waals surface area (Å²) in [5.41, 5.74) is 0. The number of hydrogen-bond acceptors (Lipinski definition) is 4. The maximum atomic E-state index is 11.8. The minimum Gasteiger partial charge on any atom is -0.448 e. The van der Waals surface area contributed by atoms with E-state index >= 15 is 0 Å². The maximum Gasteiger partial charge on any atom is 0.531 e. The van der Waals surface area contributed by atoms with Gasteiger partial charge in [0.2, 0.25) is 0 Å². The zero-order valence-electron chi connectivity index (χ0n) is 8.20. The minimum atomic E-state index is -1.64. The van der Waals surface area contributed by atoms with Crippen LogP contribution in [0.2, 0.25) is 0 Å². The molecule has 4 unspecified atom stereocenters. The van der Waals surface area contributed by atoms with Crippen LogP contribution < -0.4 is 0 Å². The predicted octanol–water partition coefficient (Wildman–Crippen LogP) is 0.403. The standard InChI is InChI=1S/C10H9NO5/c12-8-6-4-1-2-5(3-4)7(6)9(13)11(8)16-10(14)15/h1-2,4-7H,3H2,(H,14,15). The second kappa shape index (κ2) is 2.84. The highest BCUT2D eigenvalue weighted by molar-refractivity contribution is 6.05.